The third-order valence-corrected chi connectivity index (χ3v) is 3.11. The number of morpholine rings is 1. The van der Waals surface area contributed by atoms with Gasteiger partial charge in [0.15, 0.2) is 17.5 Å². The summed E-state index contributed by atoms with van der Waals surface area (Å²) in [5, 5.41) is 2.78. The van der Waals surface area contributed by atoms with Gasteiger partial charge in [-0.2, -0.15) is 0 Å². The molecule has 0 radical (unpaired) electrons. The molecule has 6 heteroatoms. The van der Waals surface area contributed by atoms with E-state index in [2.05, 4.69) is 10.2 Å². The van der Waals surface area contributed by atoms with Crippen LogP contribution in [0.25, 0.3) is 0 Å². The van der Waals surface area contributed by atoms with E-state index in [1.165, 1.54) is 6.07 Å². The fourth-order valence-electron chi connectivity index (χ4n) is 2.01. The molecular weight excluding hydrogens is 257 g/mol. The molecule has 1 aromatic carbocycles. The van der Waals surface area contributed by atoms with Crippen molar-refractivity contribution in [2.45, 2.75) is 6.42 Å². The summed E-state index contributed by atoms with van der Waals surface area (Å²) in [6.07, 6.45) is 0.804. The quantitative estimate of drug-likeness (QED) is 0.658. The minimum absolute atomic E-state index is 0.000812. The molecule has 19 heavy (non-hydrogen) atoms. The zero-order valence-corrected chi connectivity index (χ0v) is 10.6. The number of nitrogens with one attached hydrogen (secondary N) is 1. The summed E-state index contributed by atoms with van der Waals surface area (Å²) >= 11 is 0. The van der Waals surface area contributed by atoms with E-state index in [0.717, 1.165) is 45.3 Å². The first-order chi connectivity index (χ1) is 9.18. The number of nitrogens with zero attached hydrogens (tertiary/aromatic N) is 1. The second kappa shape index (κ2) is 6.77. The molecule has 0 amide bonds. The van der Waals surface area contributed by atoms with Gasteiger partial charge in [-0.05, 0) is 25.1 Å². The molecule has 0 aliphatic carbocycles. The zero-order chi connectivity index (χ0) is 13.7. The van der Waals surface area contributed by atoms with E-state index in [1.54, 1.807) is 0 Å². The Hall–Kier alpha value is -1.27. The molecule has 3 nitrogen and oxygen atoms in total. The summed E-state index contributed by atoms with van der Waals surface area (Å²) in [5.74, 6) is -3.76. The van der Waals surface area contributed by atoms with Crippen LogP contribution >= 0.6 is 0 Å². The van der Waals surface area contributed by atoms with Gasteiger partial charge in [0.2, 0.25) is 0 Å². The predicted octanol–water partition coefficient (Wildman–Crippen LogP) is 2.24. The monoisotopic (exact) mass is 274 g/mol. The summed E-state index contributed by atoms with van der Waals surface area (Å²) in [6.45, 7) is 4.68. The maximum atomic E-state index is 13.3. The molecule has 1 saturated heterocycles. The second-order valence-electron chi connectivity index (χ2n) is 4.46. The third-order valence-electron chi connectivity index (χ3n) is 3.11. The minimum Gasteiger partial charge on any atom is -0.383 e. The van der Waals surface area contributed by atoms with Gasteiger partial charge < -0.3 is 10.1 Å². The molecule has 2 rings (SSSR count). The maximum absolute atomic E-state index is 13.3. The normalized spacial score (nSPS) is 16.6. The van der Waals surface area contributed by atoms with Crippen LogP contribution in [0.3, 0.4) is 0 Å². The molecule has 1 fully saturated rings. The van der Waals surface area contributed by atoms with Crippen LogP contribution in [0.1, 0.15) is 6.42 Å². The van der Waals surface area contributed by atoms with Gasteiger partial charge in [0.25, 0.3) is 0 Å². The largest absolute Gasteiger partial charge is 0.383 e. The van der Waals surface area contributed by atoms with Gasteiger partial charge >= 0.3 is 0 Å². The Labute approximate surface area is 110 Å². The van der Waals surface area contributed by atoms with E-state index in [1.807, 2.05) is 0 Å². The molecule has 1 heterocycles. The SMILES string of the molecule is Fc1ccc(NCCCN2CCOCC2)c(F)c1F. The lowest BCUT2D eigenvalue weighted by Gasteiger charge is -2.26. The first-order valence-electron chi connectivity index (χ1n) is 6.36. The smallest absolute Gasteiger partial charge is 0.196 e. The Morgan fingerprint density at radius 2 is 1.84 bits per heavy atom. The average molecular weight is 274 g/mol. The summed E-state index contributed by atoms with van der Waals surface area (Å²) in [6, 6.07) is 2.13. The lowest BCUT2D eigenvalue weighted by atomic mass is 10.2. The van der Waals surface area contributed by atoms with E-state index >= 15 is 0 Å². The van der Waals surface area contributed by atoms with Crippen molar-refractivity contribution >= 4 is 5.69 Å². The van der Waals surface area contributed by atoms with Crippen LogP contribution in [0.15, 0.2) is 12.1 Å². The van der Waals surface area contributed by atoms with Crippen molar-refractivity contribution in [3.8, 4) is 0 Å². The summed E-state index contributed by atoms with van der Waals surface area (Å²) in [4.78, 5) is 2.26. The van der Waals surface area contributed by atoms with Crippen molar-refractivity contribution < 1.29 is 17.9 Å². The molecule has 0 aromatic heterocycles. The van der Waals surface area contributed by atoms with Crippen molar-refractivity contribution in [1.29, 1.82) is 0 Å². The standard InChI is InChI=1S/C13H17F3N2O/c14-10-2-3-11(13(16)12(10)15)17-4-1-5-18-6-8-19-9-7-18/h2-3,17H,1,4-9H2. The Kier molecular flexibility index (Phi) is 5.04. The highest BCUT2D eigenvalue weighted by atomic mass is 19.2. The topological polar surface area (TPSA) is 24.5 Å². The molecule has 1 aliphatic rings. The highest BCUT2D eigenvalue weighted by Crippen LogP contribution is 2.19. The Bertz CT molecular complexity index is 423. The Balaban J connectivity index is 1.75. The first kappa shape index (κ1) is 14.1. The van der Waals surface area contributed by atoms with Crippen LogP contribution in [0, 0.1) is 17.5 Å². The van der Waals surface area contributed by atoms with Crippen molar-refractivity contribution in [1.82, 2.24) is 4.90 Å². The molecule has 0 unspecified atom stereocenters. The van der Waals surface area contributed by atoms with Gasteiger partial charge in [0.05, 0.1) is 18.9 Å². The van der Waals surface area contributed by atoms with Gasteiger partial charge in [-0.3, -0.25) is 4.90 Å². The molecule has 0 saturated carbocycles. The number of benzene rings is 1. The highest BCUT2D eigenvalue weighted by Gasteiger charge is 2.13. The summed E-state index contributed by atoms with van der Waals surface area (Å²) < 4.78 is 44.3. The number of ether oxygens (including phenoxy) is 1. The second-order valence-corrected chi connectivity index (χ2v) is 4.46. The number of hydrogen-bond acceptors (Lipinski definition) is 3. The van der Waals surface area contributed by atoms with E-state index < -0.39 is 17.5 Å². The van der Waals surface area contributed by atoms with Crippen molar-refractivity contribution in [3.63, 3.8) is 0 Å². The van der Waals surface area contributed by atoms with E-state index in [4.69, 9.17) is 4.74 Å². The third kappa shape index (κ3) is 3.84. The van der Waals surface area contributed by atoms with Crippen LogP contribution in [0.5, 0.6) is 0 Å². The fraction of sp³-hybridized carbons (Fsp3) is 0.538. The first-order valence-corrected chi connectivity index (χ1v) is 6.36. The van der Waals surface area contributed by atoms with E-state index in [-0.39, 0.29) is 5.69 Å². The highest BCUT2D eigenvalue weighted by molar-refractivity contribution is 5.45. The van der Waals surface area contributed by atoms with Crippen LogP contribution in [-0.4, -0.2) is 44.3 Å². The number of rotatable bonds is 5. The lowest BCUT2D eigenvalue weighted by Crippen LogP contribution is -2.37. The summed E-state index contributed by atoms with van der Waals surface area (Å²) in [7, 11) is 0. The number of halogens is 3. The van der Waals surface area contributed by atoms with Crippen LogP contribution in [0.2, 0.25) is 0 Å². The van der Waals surface area contributed by atoms with Crippen LogP contribution < -0.4 is 5.32 Å². The molecule has 106 valence electrons. The van der Waals surface area contributed by atoms with Crippen LogP contribution in [0.4, 0.5) is 18.9 Å². The minimum atomic E-state index is -1.43. The average Bonchev–Trinajstić information content (AvgIpc) is 2.44. The van der Waals surface area contributed by atoms with Gasteiger partial charge in [-0.1, -0.05) is 0 Å². The maximum Gasteiger partial charge on any atom is 0.196 e. The van der Waals surface area contributed by atoms with Gasteiger partial charge in [-0.25, -0.2) is 13.2 Å². The lowest BCUT2D eigenvalue weighted by molar-refractivity contribution is 0.0378. The number of hydrogen-bond donors (Lipinski definition) is 1. The fourth-order valence-corrected chi connectivity index (χ4v) is 2.01. The van der Waals surface area contributed by atoms with Crippen LogP contribution in [-0.2, 0) is 4.74 Å². The van der Waals surface area contributed by atoms with Gasteiger partial charge in [0, 0.05) is 19.6 Å². The molecule has 0 bridgehead atoms. The van der Waals surface area contributed by atoms with Gasteiger partial charge in [-0.15, -0.1) is 0 Å². The van der Waals surface area contributed by atoms with Crippen molar-refractivity contribution in [2.75, 3.05) is 44.7 Å². The van der Waals surface area contributed by atoms with Crippen molar-refractivity contribution in [2.24, 2.45) is 0 Å². The Morgan fingerprint density at radius 3 is 2.58 bits per heavy atom. The Morgan fingerprint density at radius 1 is 1.11 bits per heavy atom. The van der Waals surface area contributed by atoms with E-state index in [9.17, 15) is 13.2 Å². The molecule has 1 aromatic rings. The van der Waals surface area contributed by atoms with Gasteiger partial charge in [0.1, 0.15) is 0 Å². The predicted molar refractivity (Wildman–Crippen MR) is 66.7 cm³/mol. The summed E-state index contributed by atoms with van der Waals surface area (Å²) in [5.41, 5.74) is 0.000812. The molecular formula is C13H17F3N2O. The molecule has 1 N–H and O–H groups in total. The van der Waals surface area contributed by atoms with Crippen molar-refractivity contribution in [3.05, 3.63) is 29.6 Å². The zero-order valence-electron chi connectivity index (χ0n) is 10.6. The molecule has 1 aliphatic heterocycles. The molecule has 0 atom stereocenters. The molecule has 0 spiro atoms. The number of anilines is 1. The van der Waals surface area contributed by atoms with E-state index in [0.29, 0.717) is 6.54 Å².